The fourth-order valence-electron chi connectivity index (χ4n) is 1.95. The fraction of sp³-hybridized carbons (Fsp3) is 0.231. The molecule has 0 aromatic heterocycles. The van der Waals surface area contributed by atoms with E-state index in [1.54, 1.807) is 12.2 Å². The summed E-state index contributed by atoms with van der Waals surface area (Å²) in [6, 6.07) is 4.18. The summed E-state index contributed by atoms with van der Waals surface area (Å²) in [5.74, 6) is -1.74. The topological polar surface area (TPSA) is 92.4 Å². The van der Waals surface area contributed by atoms with E-state index in [1.807, 2.05) is 0 Å². The highest BCUT2D eigenvalue weighted by Crippen LogP contribution is 2.23. The van der Waals surface area contributed by atoms with Crippen LogP contribution in [-0.2, 0) is 4.79 Å². The van der Waals surface area contributed by atoms with Gasteiger partial charge in [0.1, 0.15) is 0 Å². The molecule has 2 rings (SSSR count). The molecular formula is C13H13ClN2O3. The van der Waals surface area contributed by atoms with Gasteiger partial charge in [-0.05, 0) is 24.6 Å². The largest absolute Gasteiger partial charge is 0.478 e. The molecule has 1 aliphatic carbocycles. The first kappa shape index (κ1) is 13.6. The summed E-state index contributed by atoms with van der Waals surface area (Å²) in [5.41, 5.74) is 5.87. The Kier molecular flexibility index (Phi) is 3.87. The molecule has 0 radical (unpaired) electrons. The molecule has 0 saturated heterocycles. The van der Waals surface area contributed by atoms with E-state index in [1.165, 1.54) is 18.2 Å². The molecule has 19 heavy (non-hydrogen) atoms. The van der Waals surface area contributed by atoms with Gasteiger partial charge in [0.2, 0.25) is 5.91 Å². The van der Waals surface area contributed by atoms with Crippen LogP contribution < -0.4 is 11.1 Å². The maximum atomic E-state index is 12.0. The normalized spacial score (nSPS) is 21.4. The van der Waals surface area contributed by atoms with E-state index in [9.17, 15) is 9.59 Å². The highest BCUT2D eigenvalue weighted by Gasteiger charge is 2.24. The van der Waals surface area contributed by atoms with E-state index in [2.05, 4.69) is 5.32 Å². The number of carbonyl (C=O) groups is 2. The zero-order valence-electron chi connectivity index (χ0n) is 9.97. The summed E-state index contributed by atoms with van der Waals surface area (Å²) >= 11 is 5.74. The van der Waals surface area contributed by atoms with Crippen LogP contribution in [0.4, 0.5) is 5.69 Å². The third-order valence-corrected chi connectivity index (χ3v) is 3.16. The van der Waals surface area contributed by atoms with Crippen molar-refractivity contribution in [2.75, 3.05) is 5.32 Å². The number of nitrogens with two attached hydrogens (primary N) is 1. The Morgan fingerprint density at radius 3 is 2.68 bits per heavy atom. The van der Waals surface area contributed by atoms with Crippen molar-refractivity contribution in [1.82, 2.24) is 0 Å². The van der Waals surface area contributed by atoms with Crippen LogP contribution in [-0.4, -0.2) is 23.0 Å². The highest BCUT2D eigenvalue weighted by molar-refractivity contribution is 6.31. The minimum atomic E-state index is -1.14. The van der Waals surface area contributed by atoms with Gasteiger partial charge in [0.25, 0.3) is 0 Å². The summed E-state index contributed by atoms with van der Waals surface area (Å²) in [7, 11) is 0. The molecule has 100 valence electrons. The minimum Gasteiger partial charge on any atom is -0.478 e. The van der Waals surface area contributed by atoms with E-state index in [4.69, 9.17) is 22.4 Å². The number of aromatic carboxylic acids is 1. The van der Waals surface area contributed by atoms with Gasteiger partial charge in [-0.25, -0.2) is 4.79 Å². The Bertz CT molecular complexity index is 557. The van der Waals surface area contributed by atoms with Crippen molar-refractivity contribution < 1.29 is 14.7 Å². The molecule has 1 aliphatic rings. The van der Waals surface area contributed by atoms with Crippen LogP contribution in [0, 0.1) is 5.92 Å². The smallest absolute Gasteiger partial charge is 0.337 e. The van der Waals surface area contributed by atoms with E-state index in [0.29, 0.717) is 11.4 Å². The number of carboxylic acids is 1. The van der Waals surface area contributed by atoms with Crippen molar-refractivity contribution in [2.24, 2.45) is 11.7 Å². The fourth-order valence-corrected chi connectivity index (χ4v) is 2.12. The predicted molar refractivity (Wildman–Crippen MR) is 72.3 cm³/mol. The van der Waals surface area contributed by atoms with Crippen molar-refractivity contribution in [1.29, 1.82) is 0 Å². The molecule has 0 saturated carbocycles. The second kappa shape index (κ2) is 5.42. The second-order valence-corrected chi connectivity index (χ2v) is 4.81. The number of halogens is 1. The van der Waals surface area contributed by atoms with Gasteiger partial charge in [0, 0.05) is 11.1 Å². The first-order chi connectivity index (χ1) is 8.97. The van der Waals surface area contributed by atoms with Crippen molar-refractivity contribution >= 4 is 29.2 Å². The van der Waals surface area contributed by atoms with Crippen LogP contribution in [0.15, 0.2) is 30.4 Å². The standard InChI is InChI=1S/C13H13ClN2O3/c14-8-2-4-11(10(6-8)13(18)19)16-12(17)7-1-3-9(15)5-7/h1-4,6-7,9H,5,15H2,(H,16,17)(H,18,19). The molecule has 0 fully saturated rings. The molecule has 0 bridgehead atoms. The Morgan fingerprint density at radius 2 is 2.11 bits per heavy atom. The molecule has 6 heteroatoms. The molecule has 0 aliphatic heterocycles. The van der Waals surface area contributed by atoms with Crippen molar-refractivity contribution in [3.8, 4) is 0 Å². The van der Waals surface area contributed by atoms with Crippen LogP contribution in [0.25, 0.3) is 0 Å². The summed E-state index contributed by atoms with van der Waals surface area (Å²) in [6.45, 7) is 0. The van der Waals surface area contributed by atoms with Crippen LogP contribution in [0.3, 0.4) is 0 Å². The average Bonchev–Trinajstić information content (AvgIpc) is 2.78. The SMILES string of the molecule is NC1C=CC(C(=O)Nc2ccc(Cl)cc2C(=O)O)C1. The van der Waals surface area contributed by atoms with Crippen LogP contribution >= 0.6 is 11.6 Å². The molecule has 0 spiro atoms. The van der Waals surface area contributed by atoms with Gasteiger partial charge in [0.15, 0.2) is 0 Å². The van der Waals surface area contributed by atoms with Gasteiger partial charge in [-0.1, -0.05) is 23.8 Å². The quantitative estimate of drug-likeness (QED) is 0.737. The van der Waals surface area contributed by atoms with Crippen molar-refractivity contribution in [3.63, 3.8) is 0 Å². The molecule has 1 aromatic carbocycles. The lowest BCUT2D eigenvalue weighted by atomic mass is 10.1. The lowest BCUT2D eigenvalue weighted by molar-refractivity contribution is -0.118. The molecule has 1 aromatic rings. The zero-order chi connectivity index (χ0) is 14.0. The molecule has 2 atom stereocenters. The van der Waals surface area contributed by atoms with Gasteiger partial charge < -0.3 is 16.2 Å². The second-order valence-electron chi connectivity index (χ2n) is 4.38. The van der Waals surface area contributed by atoms with E-state index in [0.717, 1.165) is 0 Å². The van der Waals surface area contributed by atoms with E-state index in [-0.39, 0.29) is 29.1 Å². The number of hydrogen-bond acceptors (Lipinski definition) is 3. The molecule has 5 nitrogen and oxygen atoms in total. The zero-order valence-corrected chi connectivity index (χ0v) is 10.7. The van der Waals surface area contributed by atoms with Gasteiger partial charge in [-0.2, -0.15) is 0 Å². The molecule has 1 amide bonds. The van der Waals surface area contributed by atoms with E-state index >= 15 is 0 Å². The molecular weight excluding hydrogens is 268 g/mol. The number of hydrogen-bond donors (Lipinski definition) is 3. The number of carboxylic acid groups (broad SMARTS) is 1. The lowest BCUT2D eigenvalue weighted by Gasteiger charge is -2.12. The lowest BCUT2D eigenvalue weighted by Crippen LogP contribution is -2.24. The van der Waals surface area contributed by atoms with Crippen LogP contribution in [0.1, 0.15) is 16.8 Å². The van der Waals surface area contributed by atoms with Crippen LogP contribution in [0.2, 0.25) is 5.02 Å². The summed E-state index contributed by atoms with van der Waals surface area (Å²) in [4.78, 5) is 23.1. The Labute approximate surface area is 115 Å². The summed E-state index contributed by atoms with van der Waals surface area (Å²) in [5, 5.41) is 12.0. The minimum absolute atomic E-state index is 0.0351. The third kappa shape index (κ3) is 3.13. The van der Waals surface area contributed by atoms with Crippen LogP contribution in [0.5, 0.6) is 0 Å². The first-order valence-electron chi connectivity index (χ1n) is 5.75. The Balaban J connectivity index is 2.17. The maximum Gasteiger partial charge on any atom is 0.337 e. The van der Waals surface area contributed by atoms with Gasteiger partial charge >= 0.3 is 5.97 Å². The highest BCUT2D eigenvalue weighted by atomic mass is 35.5. The number of anilines is 1. The third-order valence-electron chi connectivity index (χ3n) is 2.92. The summed E-state index contributed by atoms with van der Waals surface area (Å²) in [6.07, 6.45) is 4.03. The average molecular weight is 281 g/mol. The predicted octanol–water partition coefficient (Wildman–Crippen LogP) is 1.88. The summed E-state index contributed by atoms with van der Waals surface area (Å²) < 4.78 is 0. The van der Waals surface area contributed by atoms with Gasteiger partial charge in [-0.3, -0.25) is 4.79 Å². The molecule has 4 N–H and O–H groups in total. The number of nitrogens with one attached hydrogen (secondary N) is 1. The van der Waals surface area contributed by atoms with Gasteiger partial charge in [0.05, 0.1) is 17.2 Å². The number of carbonyl (C=O) groups excluding carboxylic acids is 1. The Morgan fingerprint density at radius 1 is 1.37 bits per heavy atom. The monoisotopic (exact) mass is 280 g/mol. The number of amides is 1. The number of benzene rings is 1. The van der Waals surface area contributed by atoms with Gasteiger partial charge in [-0.15, -0.1) is 0 Å². The van der Waals surface area contributed by atoms with Crippen molar-refractivity contribution in [3.05, 3.63) is 40.9 Å². The Hall–Kier alpha value is -1.85. The van der Waals surface area contributed by atoms with E-state index < -0.39 is 5.97 Å². The first-order valence-corrected chi connectivity index (χ1v) is 6.13. The van der Waals surface area contributed by atoms with Crippen molar-refractivity contribution in [2.45, 2.75) is 12.5 Å². The number of rotatable bonds is 3. The molecule has 2 unspecified atom stereocenters. The molecule has 0 heterocycles. The maximum absolute atomic E-state index is 12.0.